The first-order chi connectivity index (χ1) is 6.95. The lowest BCUT2D eigenvalue weighted by Gasteiger charge is -1.99. The molecule has 2 heteroatoms. The molecule has 0 fully saturated rings. The standard InChI is InChI=1S/C12H10N2/c1-2-4-11-9(3-1)5-13-6-10-7-14-8-12(10)11/h1-5,7-8,13H,6H2. The molecule has 3 rings (SSSR count). The second-order valence-corrected chi connectivity index (χ2v) is 3.46. The van der Waals surface area contributed by atoms with Gasteiger partial charge in [-0.25, -0.2) is 0 Å². The average Bonchev–Trinajstić information content (AvgIpc) is 2.61. The normalized spacial score (nSPS) is 17.4. The Labute approximate surface area is 82.0 Å². The highest BCUT2D eigenvalue weighted by Crippen LogP contribution is 2.12. The van der Waals surface area contributed by atoms with Crippen LogP contribution >= 0.6 is 0 Å². The fourth-order valence-corrected chi connectivity index (χ4v) is 1.88. The summed E-state index contributed by atoms with van der Waals surface area (Å²) in [4.78, 5) is 4.19. The van der Waals surface area contributed by atoms with E-state index in [4.69, 9.17) is 0 Å². The Kier molecular flexibility index (Phi) is 1.53. The maximum Gasteiger partial charge on any atom is 0.0417 e. The highest BCUT2D eigenvalue weighted by molar-refractivity contribution is 6.12. The van der Waals surface area contributed by atoms with Gasteiger partial charge < -0.3 is 5.32 Å². The molecule has 0 aromatic heterocycles. The summed E-state index contributed by atoms with van der Waals surface area (Å²) in [5, 5.41) is 5.78. The maximum absolute atomic E-state index is 4.19. The summed E-state index contributed by atoms with van der Waals surface area (Å²) in [6.07, 6.45) is 5.93. The first-order valence-corrected chi connectivity index (χ1v) is 4.71. The van der Waals surface area contributed by atoms with Crippen molar-refractivity contribution >= 4 is 18.0 Å². The highest BCUT2D eigenvalue weighted by Gasteiger charge is 2.10. The van der Waals surface area contributed by atoms with Gasteiger partial charge in [-0.3, -0.25) is 4.99 Å². The minimum absolute atomic E-state index is 0.865. The summed E-state index contributed by atoms with van der Waals surface area (Å²) in [5.41, 5.74) is 2.52. The van der Waals surface area contributed by atoms with E-state index in [1.165, 1.54) is 21.6 Å². The van der Waals surface area contributed by atoms with Crippen molar-refractivity contribution in [2.24, 2.45) is 4.99 Å². The maximum atomic E-state index is 4.19. The van der Waals surface area contributed by atoms with Gasteiger partial charge in [0.15, 0.2) is 0 Å². The molecule has 0 saturated heterocycles. The second-order valence-electron chi connectivity index (χ2n) is 3.46. The lowest BCUT2D eigenvalue weighted by molar-refractivity contribution is 1.02. The third-order valence-corrected chi connectivity index (χ3v) is 2.58. The van der Waals surface area contributed by atoms with Crippen LogP contribution in [0.15, 0.2) is 41.0 Å². The molecule has 1 aromatic rings. The zero-order valence-corrected chi connectivity index (χ0v) is 7.70. The van der Waals surface area contributed by atoms with E-state index in [1.54, 1.807) is 0 Å². The Bertz CT molecular complexity index is 550. The van der Waals surface area contributed by atoms with Crippen LogP contribution in [0.5, 0.6) is 0 Å². The molecule has 0 atom stereocenters. The van der Waals surface area contributed by atoms with E-state index in [0.29, 0.717) is 0 Å². The predicted molar refractivity (Wildman–Crippen MR) is 58.1 cm³/mol. The van der Waals surface area contributed by atoms with Gasteiger partial charge >= 0.3 is 0 Å². The van der Waals surface area contributed by atoms with Crippen LogP contribution < -0.4 is 15.8 Å². The van der Waals surface area contributed by atoms with Crippen LogP contribution in [-0.2, 0) is 0 Å². The minimum Gasteiger partial charge on any atom is -0.386 e. The van der Waals surface area contributed by atoms with Gasteiger partial charge in [0.1, 0.15) is 0 Å². The Morgan fingerprint density at radius 1 is 1.21 bits per heavy atom. The van der Waals surface area contributed by atoms with Crippen molar-refractivity contribution in [1.29, 1.82) is 0 Å². The largest absolute Gasteiger partial charge is 0.386 e. The highest BCUT2D eigenvalue weighted by atomic mass is 14.8. The topological polar surface area (TPSA) is 24.4 Å². The van der Waals surface area contributed by atoms with Crippen LogP contribution in [0.2, 0.25) is 0 Å². The van der Waals surface area contributed by atoms with Gasteiger partial charge in [0.25, 0.3) is 0 Å². The van der Waals surface area contributed by atoms with Gasteiger partial charge in [-0.2, -0.15) is 0 Å². The first-order valence-electron chi connectivity index (χ1n) is 4.71. The molecule has 1 aromatic carbocycles. The fourth-order valence-electron chi connectivity index (χ4n) is 1.88. The number of nitrogens with zero attached hydrogens (tertiary/aromatic N) is 1. The minimum atomic E-state index is 0.865. The van der Waals surface area contributed by atoms with Gasteiger partial charge in [-0.05, 0) is 16.0 Å². The molecule has 0 bridgehead atoms. The summed E-state index contributed by atoms with van der Waals surface area (Å²) in [6, 6.07) is 8.37. The quantitative estimate of drug-likeness (QED) is 0.606. The molecule has 1 N–H and O–H groups in total. The van der Waals surface area contributed by atoms with Crippen molar-refractivity contribution in [3.63, 3.8) is 0 Å². The van der Waals surface area contributed by atoms with E-state index in [-0.39, 0.29) is 0 Å². The second kappa shape index (κ2) is 2.84. The molecular weight excluding hydrogens is 172 g/mol. The van der Waals surface area contributed by atoms with Gasteiger partial charge in [-0.1, -0.05) is 24.3 Å². The molecule has 2 heterocycles. The number of hydrogen-bond donors (Lipinski definition) is 1. The Morgan fingerprint density at radius 2 is 2.14 bits per heavy atom. The molecule has 0 aliphatic carbocycles. The summed E-state index contributed by atoms with van der Waals surface area (Å²) in [5.74, 6) is 0. The first kappa shape index (κ1) is 7.56. The van der Waals surface area contributed by atoms with Crippen LogP contribution in [0.1, 0.15) is 0 Å². The van der Waals surface area contributed by atoms with Crippen molar-refractivity contribution < 1.29 is 0 Å². The molecule has 68 valence electrons. The molecule has 0 saturated carbocycles. The molecule has 0 unspecified atom stereocenters. The molecule has 0 radical (unpaired) electrons. The molecule has 2 nitrogen and oxygen atoms in total. The monoisotopic (exact) mass is 182 g/mol. The van der Waals surface area contributed by atoms with Crippen molar-refractivity contribution in [3.8, 4) is 0 Å². The smallest absolute Gasteiger partial charge is 0.0417 e. The summed E-state index contributed by atoms with van der Waals surface area (Å²) < 4.78 is 0. The summed E-state index contributed by atoms with van der Waals surface area (Å²) >= 11 is 0. The number of benzene rings is 1. The number of fused-ring (bicyclic) bond motifs is 2. The van der Waals surface area contributed by atoms with E-state index >= 15 is 0 Å². The van der Waals surface area contributed by atoms with Gasteiger partial charge in [-0.15, -0.1) is 0 Å². The fraction of sp³-hybridized carbons (Fsp3) is 0.0833. The Morgan fingerprint density at radius 3 is 3.14 bits per heavy atom. The van der Waals surface area contributed by atoms with Crippen LogP contribution in [0.3, 0.4) is 0 Å². The van der Waals surface area contributed by atoms with Crippen molar-refractivity contribution in [2.45, 2.75) is 0 Å². The molecular formula is C12H10N2. The SMILES string of the molecule is C1=NC=C2CNC=c3ccccc3=C12. The van der Waals surface area contributed by atoms with E-state index in [2.05, 4.69) is 40.8 Å². The molecule has 0 amide bonds. The molecule has 0 spiro atoms. The van der Waals surface area contributed by atoms with Gasteiger partial charge in [0.2, 0.25) is 0 Å². The zero-order chi connectivity index (χ0) is 9.38. The van der Waals surface area contributed by atoms with Gasteiger partial charge in [0, 0.05) is 30.7 Å². The third-order valence-electron chi connectivity index (χ3n) is 2.58. The van der Waals surface area contributed by atoms with Crippen molar-refractivity contribution in [1.82, 2.24) is 5.32 Å². The van der Waals surface area contributed by atoms with E-state index < -0.39 is 0 Å². The van der Waals surface area contributed by atoms with Gasteiger partial charge in [0.05, 0.1) is 0 Å². The van der Waals surface area contributed by atoms with Crippen molar-refractivity contribution in [2.75, 3.05) is 6.54 Å². The van der Waals surface area contributed by atoms with Crippen LogP contribution in [0.25, 0.3) is 11.8 Å². The number of nitrogens with one attached hydrogen (secondary N) is 1. The average molecular weight is 182 g/mol. The van der Waals surface area contributed by atoms with Crippen LogP contribution in [0.4, 0.5) is 0 Å². The number of aliphatic imine (C=N–C) groups is 1. The summed E-state index contributed by atoms with van der Waals surface area (Å²) in [6.45, 7) is 0.865. The molecule has 14 heavy (non-hydrogen) atoms. The lowest BCUT2D eigenvalue weighted by atomic mass is 10.1. The van der Waals surface area contributed by atoms with Crippen molar-refractivity contribution in [3.05, 3.63) is 46.5 Å². The van der Waals surface area contributed by atoms with Crippen LogP contribution in [-0.4, -0.2) is 12.8 Å². The van der Waals surface area contributed by atoms with E-state index in [9.17, 15) is 0 Å². The van der Waals surface area contributed by atoms with E-state index in [0.717, 1.165) is 6.54 Å². The van der Waals surface area contributed by atoms with Crippen LogP contribution in [0, 0.1) is 0 Å². The predicted octanol–water partition coefficient (Wildman–Crippen LogP) is 0.147. The number of rotatable bonds is 0. The molecule has 2 aliphatic rings. The van der Waals surface area contributed by atoms with E-state index in [1.807, 2.05) is 12.4 Å². The Balaban J connectivity index is 2.49. The lowest BCUT2D eigenvalue weighted by Crippen LogP contribution is -2.26. The zero-order valence-electron chi connectivity index (χ0n) is 7.70. The number of hydrogen-bond acceptors (Lipinski definition) is 2. The Hall–Kier alpha value is -1.83. The molecule has 2 aliphatic heterocycles. The summed E-state index contributed by atoms with van der Waals surface area (Å²) in [7, 11) is 0. The third kappa shape index (κ3) is 1.01.